The van der Waals surface area contributed by atoms with Gasteiger partial charge in [-0.1, -0.05) is 74.5 Å². The van der Waals surface area contributed by atoms with Crippen molar-refractivity contribution in [3.63, 3.8) is 0 Å². The number of rotatable bonds is 4. The first-order valence-electron chi connectivity index (χ1n) is 13.2. The van der Waals surface area contributed by atoms with E-state index in [1.165, 1.54) is 0 Å². The second-order valence-corrected chi connectivity index (χ2v) is 9.33. The summed E-state index contributed by atoms with van der Waals surface area (Å²) in [7, 11) is 0. The maximum absolute atomic E-state index is 8.13. The molecule has 0 bridgehead atoms. The van der Waals surface area contributed by atoms with Gasteiger partial charge in [0.1, 0.15) is 5.58 Å². The highest BCUT2D eigenvalue weighted by atomic mass is 16.3. The molecule has 0 saturated carbocycles. The molecule has 0 aliphatic heterocycles. The van der Waals surface area contributed by atoms with Crippen molar-refractivity contribution in [3.8, 4) is 22.4 Å². The van der Waals surface area contributed by atoms with Crippen molar-refractivity contribution in [3.05, 3.63) is 120 Å². The molecule has 0 N–H and O–H groups in total. The van der Waals surface area contributed by atoms with Gasteiger partial charge in [0.05, 0.1) is 11.4 Å². The molecular formula is C32H26N2O. The molecule has 3 aromatic heterocycles. The summed E-state index contributed by atoms with van der Waals surface area (Å²) in [5.41, 5.74) is 6.34. The van der Waals surface area contributed by atoms with E-state index in [-0.39, 0.29) is 5.69 Å². The molecule has 0 aliphatic carbocycles. The van der Waals surface area contributed by atoms with E-state index in [9.17, 15) is 0 Å². The van der Waals surface area contributed by atoms with E-state index in [0.29, 0.717) is 16.9 Å². The van der Waals surface area contributed by atoms with Gasteiger partial charge < -0.3 is 4.42 Å². The van der Waals surface area contributed by atoms with Gasteiger partial charge in [0.25, 0.3) is 0 Å². The molecule has 0 spiro atoms. The van der Waals surface area contributed by atoms with Gasteiger partial charge in [-0.05, 0) is 59.9 Å². The Morgan fingerprint density at radius 2 is 1.51 bits per heavy atom. The first kappa shape index (κ1) is 18.1. The smallest absolute Gasteiger partial charge is 0.157 e. The molecule has 3 aromatic carbocycles. The van der Waals surface area contributed by atoms with E-state index < -0.39 is 12.3 Å². The predicted molar refractivity (Wildman–Crippen MR) is 143 cm³/mol. The van der Waals surface area contributed by atoms with E-state index in [0.717, 1.165) is 38.7 Å². The van der Waals surface area contributed by atoms with Gasteiger partial charge in [0.2, 0.25) is 0 Å². The summed E-state index contributed by atoms with van der Waals surface area (Å²) in [6.07, 6.45) is 1.81. The zero-order valence-electron chi connectivity index (χ0n) is 22.6. The first-order valence-corrected chi connectivity index (χ1v) is 11.7. The summed E-state index contributed by atoms with van der Waals surface area (Å²) >= 11 is 0. The van der Waals surface area contributed by atoms with E-state index in [1.54, 1.807) is 6.07 Å². The van der Waals surface area contributed by atoms with Crippen LogP contribution in [-0.4, -0.2) is 9.97 Å². The summed E-state index contributed by atoms with van der Waals surface area (Å²) in [4.78, 5) is 9.30. The minimum Gasteiger partial charge on any atom is -0.454 e. The number of aryl methyl sites for hydroxylation is 1. The lowest BCUT2D eigenvalue weighted by molar-refractivity contribution is 0.587. The normalized spacial score (nSPS) is 13.5. The molecule has 6 rings (SSSR count). The molecule has 35 heavy (non-hydrogen) atoms. The number of furan rings is 1. The number of pyridine rings is 2. The highest BCUT2D eigenvalue weighted by Gasteiger charge is 2.29. The van der Waals surface area contributed by atoms with Crippen molar-refractivity contribution in [1.82, 2.24) is 9.97 Å². The monoisotopic (exact) mass is 457 g/mol. The third-order valence-corrected chi connectivity index (χ3v) is 6.71. The lowest BCUT2D eigenvalue weighted by Crippen LogP contribution is -2.21. The van der Waals surface area contributed by atoms with Crippen LogP contribution in [0.2, 0.25) is 0 Å². The Kier molecular flexibility index (Phi) is 4.25. The third-order valence-electron chi connectivity index (χ3n) is 6.71. The Hall–Kier alpha value is -4.24. The van der Waals surface area contributed by atoms with Crippen LogP contribution in [0.3, 0.4) is 0 Å². The van der Waals surface area contributed by atoms with Crippen LogP contribution in [0.1, 0.15) is 34.9 Å². The minimum atomic E-state index is -2.36. The molecule has 170 valence electrons. The second-order valence-electron chi connectivity index (χ2n) is 9.33. The summed E-state index contributed by atoms with van der Waals surface area (Å²) in [6.45, 7) is 1.73. The van der Waals surface area contributed by atoms with Crippen molar-refractivity contribution < 1.29 is 8.53 Å². The molecule has 3 heterocycles. The number of benzene rings is 3. The zero-order chi connectivity index (χ0) is 26.5. The summed E-state index contributed by atoms with van der Waals surface area (Å²) in [5, 5.41) is 1.57. The van der Waals surface area contributed by atoms with Crippen LogP contribution in [0.15, 0.2) is 108 Å². The van der Waals surface area contributed by atoms with Gasteiger partial charge in [0.15, 0.2) is 5.58 Å². The van der Waals surface area contributed by atoms with Crippen LogP contribution in [0.4, 0.5) is 0 Å². The lowest BCUT2D eigenvalue weighted by Gasteiger charge is -2.25. The summed E-state index contributed by atoms with van der Waals surface area (Å²) in [6, 6.07) is 31.8. The van der Waals surface area contributed by atoms with E-state index in [1.807, 2.05) is 92.8 Å². The van der Waals surface area contributed by atoms with E-state index in [2.05, 4.69) is 28.2 Å². The Morgan fingerprint density at radius 3 is 2.29 bits per heavy atom. The summed E-state index contributed by atoms with van der Waals surface area (Å²) in [5.74, 6) is 0. The maximum Gasteiger partial charge on any atom is 0.157 e. The zero-order valence-corrected chi connectivity index (χ0v) is 19.6. The number of nitrogens with zero attached hydrogens (tertiary/aromatic N) is 2. The lowest BCUT2D eigenvalue weighted by atomic mass is 9.80. The number of fused-ring (bicyclic) bond motifs is 3. The van der Waals surface area contributed by atoms with Crippen molar-refractivity contribution in [2.24, 2.45) is 0 Å². The average Bonchev–Trinajstić information content (AvgIpc) is 3.31. The largest absolute Gasteiger partial charge is 0.454 e. The molecule has 0 unspecified atom stereocenters. The van der Waals surface area contributed by atoms with Gasteiger partial charge in [-0.25, -0.2) is 0 Å². The minimum absolute atomic E-state index is 0.0568. The fourth-order valence-corrected chi connectivity index (χ4v) is 4.75. The van der Waals surface area contributed by atoms with Gasteiger partial charge in [-0.3, -0.25) is 9.97 Å². The Balaban J connectivity index is 1.57. The molecule has 0 amide bonds. The van der Waals surface area contributed by atoms with Gasteiger partial charge >= 0.3 is 0 Å². The molecule has 0 radical (unpaired) electrons. The number of hydrogen-bond donors (Lipinski definition) is 0. The van der Waals surface area contributed by atoms with Gasteiger partial charge in [-0.2, -0.15) is 0 Å². The summed E-state index contributed by atoms with van der Waals surface area (Å²) < 4.78 is 30.8. The van der Waals surface area contributed by atoms with Crippen molar-refractivity contribution >= 4 is 21.9 Å². The highest BCUT2D eigenvalue weighted by Crippen LogP contribution is 2.40. The predicted octanol–water partition coefficient (Wildman–Crippen LogP) is 8.34. The first-order chi connectivity index (χ1) is 18.2. The molecule has 6 aromatic rings. The maximum atomic E-state index is 8.13. The van der Waals surface area contributed by atoms with Crippen molar-refractivity contribution in [1.29, 1.82) is 0 Å². The fraction of sp³-hybridized carbons (Fsp3) is 0.125. The van der Waals surface area contributed by atoms with Crippen LogP contribution >= 0.6 is 0 Å². The Bertz CT molecular complexity index is 1770. The SMILES string of the molecule is [2H]C([2H])([2H])c1cc2c(oc3ccc(-c4cc(-c5ccccc5)ccn4)cc32)c(C(C)(C)c2ccccc2)n1. The molecule has 0 fully saturated rings. The number of hydrogen-bond acceptors (Lipinski definition) is 3. The van der Waals surface area contributed by atoms with Crippen LogP contribution in [-0.2, 0) is 5.41 Å². The van der Waals surface area contributed by atoms with E-state index >= 15 is 0 Å². The van der Waals surface area contributed by atoms with Crippen LogP contribution in [0, 0.1) is 6.85 Å². The molecular weight excluding hydrogens is 428 g/mol. The standard InChI is InChI=1S/C32H26N2O/c1-21-18-27-26-19-24(28-20-23(16-17-33-28)22-10-6-4-7-11-22)14-15-29(26)35-30(27)31(34-21)32(2,3)25-12-8-5-9-13-25/h4-20H,1-3H3/i1D3. The quantitative estimate of drug-likeness (QED) is 0.267. The topological polar surface area (TPSA) is 38.9 Å². The van der Waals surface area contributed by atoms with E-state index in [4.69, 9.17) is 8.53 Å². The van der Waals surface area contributed by atoms with Crippen LogP contribution in [0.25, 0.3) is 44.3 Å². The molecule has 0 saturated heterocycles. The third kappa shape index (κ3) is 3.70. The Morgan fingerprint density at radius 1 is 0.743 bits per heavy atom. The van der Waals surface area contributed by atoms with Crippen LogP contribution < -0.4 is 0 Å². The average molecular weight is 458 g/mol. The van der Waals surface area contributed by atoms with Gasteiger partial charge in [0, 0.05) is 37.8 Å². The number of aromatic nitrogens is 2. The highest BCUT2D eigenvalue weighted by molar-refractivity contribution is 6.07. The van der Waals surface area contributed by atoms with Crippen molar-refractivity contribution in [2.75, 3.05) is 0 Å². The Labute approximate surface area is 209 Å². The van der Waals surface area contributed by atoms with Gasteiger partial charge in [-0.15, -0.1) is 0 Å². The van der Waals surface area contributed by atoms with Crippen LogP contribution in [0.5, 0.6) is 0 Å². The molecule has 0 atom stereocenters. The molecule has 3 nitrogen and oxygen atoms in total. The second kappa shape index (κ2) is 8.21. The molecule has 3 heteroatoms. The fourth-order valence-electron chi connectivity index (χ4n) is 4.75. The van der Waals surface area contributed by atoms with Crippen molar-refractivity contribution in [2.45, 2.75) is 26.1 Å². The molecule has 0 aliphatic rings.